The van der Waals surface area contributed by atoms with Gasteiger partial charge in [0, 0.05) is 6.61 Å². The van der Waals surface area contributed by atoms with E-state index >= 15 is 0 Å². The molecule has 3 heteroatoms. The molecule has 0 aromatic heterocycles. The second-order valence-electron chi connectivity index (χ2n) is 6.10. The first-order chi connectivity index (χ1) is 8.83. The summed E-state index contributed by atoms with van der Waals surface area (Å²) in [7, 11) is 1.63. The molecule has 0 spiro atoms. The molecule has 0 amide bonds. The molecule has 1 rings (SSSR count). The molecule has 0 bridgehead atoms. The van der Waals surface area contributed by atoms with Crippen LogP contribution in [-0.2, 0) is 4.74 Å². The van der Waals surface area contributed by atoms with E-state index in [9.17, 15) is 5.11 Å². The van der Waals surface area contributed by atoms with Crippen LogP contribution in [0.1, 0.15) is 45.8 Å². The number of rotatable bonds is 6. The first kappa shape index (κ1) is 16.0. The van der Waals surface area contributed by atoms with Crippen molar-refractivity contribution in [3.63, 3.8) is 0 Å². The Balaban J connectivity index is 2.49. The van der Waals surface area contributed by atoms with E-state index in [1.54, 1.807) is 7.11 Å². The molecule has 0 heterocycles. The molecular formula is C16H26O3. The van der Waals surface area contributed by atoms with E-state index in [1.165, 1.54) is 0 Å². The van der Waals surface area contributed by atoms with E-state index in [4.69, 9.17) is 9.47 Å². The topological polar surface area (TPSA) is 38.7 Å². The SMILES string of the molecule is COc1ccc(C(O)C(C)OCCC(C)(C)C)cc1. The van der Waals surface area contributed by atoms with Gasteiger partial charge in [0.05, 0.1) is 13.2 Å². The molecule has 2 atom stereocenters. The van der Waals surface area contributed by atoms with Gasteiger partial charge < -0.3 is 14.6 Å². The molecule has 0 saturated carbocycles. The fourth-order valence-electron chi connectivity index (χ4n) is 1.71. The van der Waals surface area contributed by atoms with Crippen LogP contribution in [0, 0.1) is 5.41 Å². The lowest BCUT2D eigenvalue weighted by Gasteiger charge is -2.23. The molecule has 0 aliphatic heterocycles. The summed E-state index contributed by atoms with van der Waals surface area (Å²) in [5, 5.41) is 10.2. The maximum atomic E-state index is 10.2. The molecule has 1 aromatic rings. The van der Waals surface area contributed by atoms with Crippen molar-refractivity contribution in [2.75, 3.05) is 13.7 Å². The number of ether oxygens (including phenoxy) is 2. The summed E-state index contributed by atoms with van der Waals surface area (Å²) in [6.07, 6.45) is 0.161. The van der Waals surface area contributed by atoms with Crippen molar-refractivity contribution in [2.24, 2.45) is 5.41 Å². The summed E-state index contributed by atoms with van der Waals surface area (Å²) in [6.45, 7) is 9.11. The van der Waals surface area contributed by atoms with Crippen LogP contribution in [-0.4, -0.2) is 24.9 Å². The van der Waals surface area contributed by atoms with Gasteiger partial charge in [-0.05, 0) is 36.5 Å². The van der Waals surface area contributed by atoms with Crippen LogP contribution in [0.3, 0.4) is 0 Å². The number of aliphatic hydroxyl groups excluding tert-OH is 1. The zero-order valence-corrected chi connectivity index (χ0v) is 12.6. The molecule has 108 valence electrons. The molecular weight excluding hydrogens is 240 g/mol. The van der Waals surface area contributed by atoms with Gasteiger partial charge in [0.1, 0.15) is 11.9 Å². The second-order valence-corrected chi connectivity index (χ2v) is 6.10. The van der Waals surface area contributed by atoms with Gasteiger partial charge in [0.25, 0.3) is 0 Å². The van der Waals surface area contributed by atoms with Gasteiger partial charge in [0.2, 0.25) is 0 Å². The molecule has 2 unspecified atom stereocenters. The lowest BCUT2D eigenvalue weighted by Crippen LogP contribution is -2.21. The Kier molecular flexibility index (Phi) is 5.83. The first-order valence-electron chi connectivity index (χ1n) is 6.77. The van der Waals surface area contributed by atoms with Crippen LogP contribution < -0.4 is 4.74 Å². The average Bonchev–Trinajstić information content (AvgIpc) is 2.36. The fourth-order valence-corrected chi connectivity index (χ4v) is 1.71. The monoisotopic (exact) mass is 266 g/mol. The van der Waals surface area contributed by atoms with Crippen LogP contribution in [0.2, 0.25) is 0 Å². The summed E-state index contributed by atoms with van der Waals surface area (Å²) in [5.41, 5.74) is 1.11. The van der Waals surface area contributed by atoms with Crippen molar-refractivity contribution in [3.05, 3.63) is 29.8 Å². The Labute approximate surface area is 116 Å². The molecule has 1 N–H and O–H groups in total. The lowest BCUT2D eigenvalue weighted by molar-refractivity contribution is -0.0350. The maximum absolute atomic E-state index is 10.2. The molecule has 0 aliphatic carbocycles. The van der Waals surface area contributed by atoms with Crippen LogP contribution in [0.25, 0.3) is 0 Å². The van der Waals surface area contributed by atoms with E-state index < -0.39 is 6.10 Å². The summed E-state index contributed by atoms with van der Waals surface area (Å²) in [5.74, 6) is 0.789. The maximum Gasteiger partial charge on any atom is 0.118 e. The highest BCUT2D eigenvalue weighted by Crippen LogP contribution is 2.23. The van der Waals surface area contributed by atoms with Gasteiger partial charge >= 0.3 is 0 Å². The van der Waals surface area contributed by atoms with Crippen LogP contribution in [0.15, 0.2) is 24.3 Å². The predicted molar refractivity (Wildman–Crippen MR) is 77.4 cm³/mol. The summed E-state index contributed by atoms with van der Waals surface area (Å²) in [4.78, 5) is 0. The standard InChI is InChI=1S/C16H26O3/c1-12(19-11-10-16(2,3)4)15(17)13-6-8-14(18-5)9-7-13/h6-9,12,15,17H,10-11H2,1-5H3. The van der Waals surface area contributed by atoms with Gasteiger partial charge in [-0.25, -0.2) is 0 Å². The van der Waals surface area contributed by atoms with Gasteiger partial charge in [-0.2, -0.15) is 0 Å². The van der Waals surface area contributed by atoms with Crippen molar-refractivity contribution in [3.8, 4) is 5.75 Å². The number of benzene rings is 1. The van der Waals surface area contributed by atoms with E-state index in [-0.39, 0.29) is 11.5 Å². The number of aliphatic hydroxyl groups is 1. The van der Waals surface area contributed by atoms with Gasteiger partial charge in [-0.1, -0.05) is 32.9 Å². The highest BCUT2D eigenvalue weighted by molar-refractivity contribution is 5.28. The molecule has 0 fully saturated rings. The number of methoxy groups -OCH3 is 1. The van der Waals surface area contributed by atoms with Crippen LogP contribution >= 0.6 is 0 Å². The third-order valence-electron chi connectivity index (χ3n) is 3.13. The first-order valence-corrected chi connectivity index (χ1v) is 6.77. The molecule has 0 saturated heterocycles. The van der Waals surface area contributed by atoms with Gasteiger partial charge in [-0.15, -0.1) is 0 Å². The highest BCUT2D eigenvalue weighted by Gasteiger charge is 2.18. The van der Waals surface area contributed by atoms with E-state index in [0.29, 0.717) is 6.61 Å². The zero-order chi connectivity index (χ0) is 14.5. The minimum Gasteiger partial charge on any atom is -0.497 e. The predicted octanol–water partition coefficient (Wildman–Crippen LogP) is 3.57. The molecule has 3 nitrogen and oxygen atoms in total. The van der Waals surface area contributed by atoms with Crippen LogP contribution in [0.5, 0.6) is 5.75 Å². The Morgan fingerprint density at radius 2 is 1.74 bits per heavy atom. The molecule has 0 radical (unpaired) electrons. The largest absolute Gasteiger partial charge is 0.497 e. The Hall–Kier alpha value is -1.06. The Morgan fingerprint density at radius 3 is 2.21 bits per heavy atom. The fraction of sp³-hybridized carbons (Fsp3) is 0.625. The van der Waals surface area contributed by atoms with E-state index in [1.807, 2.05) is 31.2 Å². The van der Waals surface area contributed by atoms with E-state index in [0.717, 1.165) is 17.7 Å². The van der Waals surface area contributed by atoms with Crippen molar-refractivity contribution in [1.29, 1.82) is 0 Å². The van der Waals surface area contributed by atoms with Crippen molar-refractivity contribution >= 4 is 0 Å². The molecule has 19 heavy (non-hydrogen) atoms. The average molecular weight is 266 g/mol. The van der Waals surface area contributed by atoms with Crippen molar-refractivity contribution in [2.45, 2.75) is 46.3 Å². The minimum absolute atomic E-state index is 0.212. The quantitative estimate of drug-likeness (QED) is 0.855. The summed E-state index contributed by atoms with van der Waals surface area (Å²) < 4.78 is 10.8. The summed E-state index contributed by atoms with van der Waals surface area (Å²) >= 11 is 0. The number of hydrogen-bond acceptors (Lipinski definition) is 3. The minimum atomic E-state index is -0.606. The van der Waals surface area contributed by atoms with Gasteiger partial charge in [0.15, 0.2) is 0 Å². The Morgan fingerprint density at radius 1 is 1.16 bits per heavy atom. The second kappa shape index (κ2) is 6.92. The third-order valence-corrected chi connectivity index (χ3v) is 3.13. The molecule has 1 aromatic carbocycles. The highest BCUT2D eigenvalue weighted by atomic mass is 16.5. The van der Waals surface area contributed by atoms with Gasteiger partial charge in [-0.3, -0.25) is 0 Å². The zero-order valence-electron chi connectivity index (χ0n) is 12.6. The third kappa shape index (κ3) is 5.62. The number of hydrogen-bond donors (Lipinski definition) is 1. The normalized spacial score (nSPS) is 15.1. The van der Waals surface area contributed by atoms with Crippen molar-refractivity contribution in [1.82, 2.24) is 0 Å². The smallest absolute Gasteiger partial charge is 0.118 e. The van der Waals surface area contributed by atoms with Crippen LogP contribution in [0.4, 0.5) is 0 Å². The molecule has 0 aliphatic rings. The Bertz CT molecular complexity index is 365. The van der Waals surface area contributed by atoms with Crippen molar-refractivity contribution < 1.29 is 14.6 Å². The summed E-state index contributed by atoms with van der Waals surface area (Å²) in [6, 6.07) is 7.43. The van der Waals surface area contributed by atoms with E-state index in [2.05, 4.69) is 20.8 Å². The lowest BCUT2D eigenvalue weighted by atomic mass is 9.93.